The number of aryl methyl sites for hydroxylation is 1. The summed E-state index contributed by atoms with van der Waals surface area (Å²) in [5, 5.41) is 7.23. The molecule has 114 valence electrons. The predicted octanol–water partition coefficient (Wildman–Crippen LogP) is 2.12. The third-order valence-corrected chi connectivity index (χ3v) is 3.17. The molecule has 0 saturated carbocycles. The van der Waals surface area contributed by atoms with Gasteiger partial charge >= 0.3 is 0 Å². The summed E-state index contributed by atoms with van der Waals surface area (Å²) >= 11 is 0. The number of methoxy groups -OCH3 is 2. The van der Waals surface area contributed by atoms with Crippen LogP contribution < -0.4 is 14.8 Å². The van der Waals surface area contributed by atoms with Gasteiger partial charge in [-0.15, -0.1) is 0 Å². The Labute approximate surface area is 124 Å². The Hall–Kier alpha value is -2.08. The van der Waals surface area contributed by atoms with Crippen molar-refractivity contribution in [3.8, 4) is 11.5 Å². The number of nitrogens with one attached hydrogen (secondary N) is 1. The topological polar surface area (TPSA) is 69.4 Å². The summed E-state index contributed by atoms with van der Waals surface area (Å²) < 4.78 is 15.5. The fraction of sp³-hybridized carbons (Fsp3) is 0.467. The Bertz CT molecular complexity index is 583. The molecule has 0 amide bonds. The van der Waals surface area contributed by atoms with Crippen molar-refractivity contribution >= 4 is 0 Å². The third-order valence-electron chi connectivity index (χ3n) is 3.17. The molecular weight excluding hydrogens is 270 g/mol. The van der Waals surface area contributed by atoms with E-state index in [0.717, 1.165) is 17.9 Å². The van der Waals surface area contributed by atoms with Crippen LogP contribution in [-0.4, -0.2) is 30.4 Å². The standard InChI is InChI=1S/C15H21N3O3/c1-10(16-9-15-17-11(2)21-18-15)7-12-5-6-13(19-3)14(8-12)20-4/h5-6,8,10,16H,7,9H2,1-4H3. The van der Waals surface area contributed by atoms with Crippen LogP contribution in [0.3, 0.4) is 0 Å². The van der Waals surface area contributed by atoms with E-state index in [-0.39, 0.29) is 6.04 Å². The van der Waals surface area contributed by atoms with Gasteiger partial charge in [-0.05, 0) is 31.0 Å². The Morgan fingerprint density at radius 3 is 2.62 bits per heavy atom. The summed E-state index contributed by atoms with van der Waals surface area (Å²) in [4.78, 5) is 4.16. The molecule has 1 N–H and O–H groups in total. The van der Waals surface area contributed by atoms with E-state index >= 15 is 0 Å². The van der Waals surface area contributed by atoms with Crippen LogP contribution in [0.2, 0.25) is 0 Å². The molecule has 2 aromatic rings. The maximum atomic E-state index is 5.31. The average Bonchev–Trinajstić information content (AvgIpc) is 2.90. The number of ether oxygens (including phenoxy) is 2. The van der Waals surface area contributed by atoms with Crippen molar-refractivity contribution in [2.45, 2.75) is 32.9 Å². The molecule has 0 aliphatic rings. The van der Waals surface area contributed by atoms with Gasteiger partial charge in [0.15, 0.2) is 17.3 Å². The van der Waals surface area contributed by atoms with Crippen LogP contribution >= 0.6 is 0 Å². The van der Waals surface area contributed by atoms with Crippen molar-refractivity contribution in [2.24, 2.45) is 0 Å². The van der Waals surface area contributed by atoms with Gasteiger partial charge in [-0.1, -0.05) is 11.2 Å². The lowest BCUT2D eigenvalue weighted by Crippen LogP contribution is -2.28. The number of aromatic nitrogens is 2. The number of hydrogen-bond acceptors (Lipinski definition) is 6. The fourth-order valence-electron chi connectivity index (χ4n) is 2.11. The number of benzene rings is 1. The molecule has 1 aromatic heterocycles. The predicted molar refractivity (Wildman–Crippen MR) is 78.6 cm³/mol. The van der Waals surface area contributed by atoms with Crippen LogP contribution in [0.4, 0.5) is 0 Å². The lowest BCUT2D eigenvalue weighted by atomic mass is 10.1. The normalized spacial score (nSPS) is 12.2. The molecule has 1 aromatic carbocycles. The first-order chi connectivity index (χ1) is 10.1. The van der Waals surface area contributed by atoms with Gasteiger partial charge in [0.2, 0.25) is 5.89 Å². The minimum absolute atomic E-state index is 0.280. The Morgan fingerprint density at radius 2 is 2.00 bits per heavy atom. The molecule has 0 fully saturated rings. The van der Waals surface area contributed by atoms with Gasteiger partial charge in [0.25, 0.3) is 0 Å². The van der Waals surface area contributed by atoms with E-state index in [0.29, 0.717) is 18.3 Å². The molecule has 0 spiro atoms. The smallest absolute Gasteiger partial charge is 0.223 e. The largest absolute Gasteiger partial charge is 0.493 e. The van der Waals surface area contributed by atoms with Crippen molar-refractivity contribution in [1.29, 1.82) is 0 Å². The second-order valence-electron chi connectivity index (χ2n) is 4.91. The highest BCUT2D eigenvalue weighted by Crippen LogP contribution is 2.27. The summed E-state index contributed by atoms with van der Waals surface area (Å²) in [7, 11) is 3.27. The highest BCUT2D eigenvalue weighted by molar-refractivity contribution is 5.43. The summed E-state index contributed by atoms with van der Waals surface area (Å²) in [6.07, 6.45) is 0.872. The molecule has 6 nitrogen and oxygen atoms in total. The van der Waals surface area contributed by atoms with E-state index in [1.165, 1.54) is 5.56 Å². The quantitative estimate of drug-likeness (QED) is 0.842. The molecule has 21 heavy (non-hydrogen) atoms. The SMILES string of the molecule is COc1ccc(CC(C)NCc2noc(C)n2)cc1OC. The van der Waals surface area contributed by atoms with E-state index in [1.807, 2.05) is 18.2 Å². The number of rotatable bonds is 7. The zero-order valence-corrected chi connectivity index (χ0v) is 12.8. The molecule has 6 heteroatoms. The van der Waals surface area contributed by atoms with Crippen LogP contribution in [0.5, 0.6) is 11.5 Å². The minimum Gasteiger partial charge on any atom is -0.493 e. The molecule has 1 unspecified atom stereocenters. The van der Waals surface area contributed by atoms with Crippen molar-refractivity contribution < 1.29 is 14.0 Å². The van der Waals surface area contributed by atoms with Crippen LogP contribution in [0, 0.1) is 6.92 Å². The van der Waals surface area contributed by atoms with E-state index in [4.69, 9.17) is 14.0 Å². The molecule has 0 aliphatic heterocycles. The summed E-state index contributed by atoms with van der Waals surface area (Å²) in [6, 6.07) is 6.23. The highest BCUT2D eigenvalue weighted by Gasteiger charge is 2.09. The molecule has 0 radical (unpaired) electrons. The average molecular weight is 291 g/mol. The van der Waals surface area contributed by atoms with E-state index < -0.39 is 0 Å². The highest BCUT2D eigenvalue weighted by atomic mass is 16.5. The van der Waals surface area contributed by atoms with Crippen LogP contribution in [0.15, 0.2) is 22.7 Å². The Kier molecular flexibility index (Phi) is 5.16. The van der Waals surface area contributed by atoms with Crippen LogP contribution in [0.1, 0.15) is 24.2 Å². The van der Waals surface area contributed by atoms with E-state index in [2.05, 4.69) is 22.4 Å². The lowest BCUT2D eigenvalue weighted by Gasteiger charge is -2.14. The molecule has 0 aliphatic carbocycles. The maximum absolute atomic E-state index is 5.31. The molecule has 0 bridgehead atoms. The Morgan fingerprint density at radius 1 is 1.24 bits per heavy atom. The molecule has 1 atom stereocenters. The Balaban J connectivity index is 1.91. The second-order valence-corrected chi connectivity index (χ2v) is 4.91. The van der Waals surface area contributed by atoms with Crippen molar-refractivity contribution in [2.75, 3.05) is 14.2 Å². The second kappa shape index (κ2) is 7.08. The van der Waals surface area contributed by atoms with E-state index in [1.54, 1.807) is 21.1 Å². The zero-order chi connectivity index (χ0) is 15.2. The summed E-state index contributed by atoms with van der Waals surface area (Å²) in [5.41, 5.74) is 1.18. The van der Waals surface area contributed by atoms with Crippen LogP contribution in [-0.2, 0) is 13.0 Å². The maximum Gasteiger partial charge on any atom is 0.223 e. The summed E-state index contributed by atoms with van der Waals surface area (Å²) in [5.74, 6) is 2.74. The third kappa shape index (κ3) is 4.19. The number of nitrogens with zero attached hydrogens (tertiary/aromatic N) is 2. The fourth-order valence-corrected chi connectivity index (χ4v) is 2.11. The molecular formula is C15H21N3O3. The van der Waals surface area contributed by atoms with Gasteiger partial charge < -0.3 is 19.3 Å². The van der Waals surface area contributed by atoms with Gasteiger partial charge in [-0.2, -0.15) is 4.98 Å². The van der Waals surface area contributed by atoms with Gasteiger partial charge in [-0.3, -0.25) is 0 Å². The number of hydrogen-bond donors (Lipinski definition) is 1. The van der Waals surface area contributed by atoms with Crippen molar-refractivity contribution in [1.82, 2.24) is 15.5 Å². The van der Waals surface area contributed by atoms with E-state index in [9.17, 15) is 0 Å². The van der Waals surface area contributed by atoms with Crippen molar-refractivity contribution in [3.63, 3.8) is 0 Å². The van der Waals surface area contributed by atoms with Gasteiger partial charge in [0.1, 0.15) is 0 Å². The zero-order valence-electron chi connectivity index (χ0n) is 12.8. The lowest BCUT2D eigenvalue weighted by molar-refractivity contribution is 0.354. The molecule has 2 rings (SSSR count). The monoisotopic (exact) mass is 291 g/mol. The molecule has 0 saturated heterocycles. The van der Waals surface area contributed by atoms with Gasteiger partial charge in [0, 0.05) is 13.0 Å². The van der Waals surface area contributed by atoms with Gasteiger partial charge in [0.05, 0.1) is 20.8 Å². The van der Waals surface area contributed by atoms with Gasteiger partial charge in [-0.25, -0.2) is 0 Å². The molecule has 1 heterocycles. The van der Waals surface area contributed by atoms with Crippen LogP contribution in [0.25, 0.3) is 0 Å². The first kappa shape index (κ1) is 15.3. The first-order valence-corrected chi connectivity index (χ1v) is 6.86. The first-order valence-electron chi connectivity index (χ1n) is 6.86. The van der Waals surface area contributed by atoms with Crippen molar-refractivity contribution in [3.05, 3.63) is 35.5 Å². The summed E-state index contributed by atoms with van der Waals surface area (Å²) in [6.45, 7) is 4.49. The minimum atomic E-state index is 0.280.